The zero-order valence-electron chi connectivity index (χ0n) is 13.7. The maximum Gasteiger partial charge on any atom is 0.270 e. The lowest BCUT2D eigenvalue weighted by Crippen LogP contribution is -2.42. The van der Waals surface area contributed by atoms with Gasteiger partial charge in [0.2, 0.25) is 0 Å². The molecule has 4 rings (SSSR count). The summed E-state index contributed by atoms with van der Waals surface area (Å²) in [6, 6.07) is 16.8. The Hall–Kier alpha value is -2.79. The number of amides is 1. The molecule has 1 fully saturated rings. The van der Waals surface area contributed by atoms with Crippen molar-refractivity contribution in [3.8, 4) is 0 Å². The fraction of sp³-hybridized carbons (Fsp3) is 0.250. The van der Waals surface area contributed by atoms with Crippen LogP contribution in [0.2, 0.25) is 0 Å². The van der Waals surface area contributed by atoms with Crippen molar-refractivity contribution < 1.29 is 9.90 Å². The zero-order chi connectivity index (χ0) is 17.2. The van der Waals surface area contributed by atoms with Gasteiger partial charge in [0.1, 0.15) is 5.69 Å². The topological polar surface area (TPSA) is 75.1 Å². The van der Waals surface area contributed by atoms with Gasteiger partial charge in [-0.05, 0) is 43.0 Å². The SMILES string of the molecule is O=C(N[C@H](c1ccccn1)C1CC(O)C1)c1ccc2ccccc2n1. The second-order valence-electron chi connectivity index (χ2n) is 6.48. The summed E-state index contributed by atoms with van der Waals surface area (Å²) in [5.74, 6) is -0.0305. The van der Waals surface area contributed by atoms with E-state index in [2.05, 4.69) is 15.3 Å². The number of benzene rings is 1. The molecule has 3 aromatic rings. The van der Waals surface area contributed by atoms with Crippen LogP contribution in [-0.4, -0.2) is 27.1 Å². The van der Waals surface area contributed by atoms with Crippen molar-refractivity contribution in [1.29, 1.82) is 0 Å². The quantitative estimate of drug-likeness (QED) is 0.770. The van der Waals surface area contributed by atoms with Crippen LogP contribution < -0.4 is 5.32 Å². The van der Waals surface area contributed by atoms with Gasteiger partial charge in [-0.15, -0.1) is 0 Å². The summed E-state index contributed by atoms with van der Waals surface area (Å²) in [6.45, 7) is 0. The highest BCUT2D eigenvalue weighted by atomic mass is 16.3. The number of aliphatic hydroxyl groups excluding tert-OH is 1. The largest absolute Gasteiger partial charge is 0.393 e. The minimum Gasteiger partial charge on any atom is -0.393 e. The Bertz CT molecular complexity index is 892. The van der Waals surface area contributed by atoms with E-state index in [0.717, 1.165) is 16.6 Å². The first-order chi connectivity index (χ1) is 12.2. The molecule has 1 aromatic carbocycles. The Morgan fingerprint density at radius 1 is 1.08 bits per heavy atom. The van der Waals surface area contributed by atoms with Crippen LogP contribution in [0.5, 0.6) is 0 Å². The average molecular weight is 333 g/mol. The lowest BCUT2D eigenvalue weighted by Gasteiger charge is -2.37. The third-order valence-corrected chi connectivity index (χ3v) is 4.75. The molecule has 0 bridgehead atoms. The monoisotopic (exact) mass is 333 g/mol. The molecule has 1 amide bonds. The number of rotatable bonds is 4. The van der Waals surface area contributed by atoms with E-state index < -0.39 is 0 Å². The number of fused-ring (bicyclic) bond motifs is 1. The molecule has 2 aromatic heterocycles. The number of hydrogen-bond donors (Lipinski definition) is 2. The molecule has 0 saturated heterocycles. The average Bonchev–Trinajstić information content (AvgIpc) is 2.64. The Balaban J connectivity index is 1.59. The second-order valence-corrected chi connectivity index (χ2v) is 6.48. The lowest BCUT2D eigenvalue weighted by molar-refractivity contribution is 0.0228. The summed E-state index contributed by atoms with van der Waals surface area (Å²) in [5.41, 5.74) is 2.00. The van der Waals surface area contributed by atoms with Gasteiger partial charge < -0.3 is 10.4 Å². The molecule has 1 aliphatic rings. The predicted molar refractivity (Wildman–Crippen MR) is 94.9 cm³/mol. The maximum atomic E-state index is 12.7. The van der Waals surface area contributed by atoms with Crippen LogP contribution in [0, 0.1) is 5.92 Å². The molecule has 25 heavy (non-hydrogen) atoms. The van der Waals surface area contributed by atoms with Crippen LogP contribution in [0.3, 0.4) is 0 Å². The van der Waals surface area contributed by atoms with E-state index in [1.165, 1.54) is 0 Å². The summed E-state index contributed by atoms with van der Waals surface area (Å²) < 4.78 is 0. The Labute approximate surface area is 145 Å². The van der Waals surface area contributed by atoms with Crippen LogP contribution in [0.15, 0.2) is 60.8 Å². The molecule has 0 unspecified atom stereocenters. The van der Waals surface area contributed by atoms with Crippen LogP contribution in [0.4, 0.5) is 0 Å². The minimum atomic E-state index is -0.285. The number of carbonyl (C=O) groups is 1. The smallest absolute Gasteiger partial charge is 0.270 e. The molecule has 1 atom stereocenters. The Morgan fingerprint density at radius 3 is 2.64 bits per heavy atom. The molecule has 0 spiro atoms. The van der Waals surface area contributed by atoms with E-state index in [4.69, 9.17) is 0 Å². The minimum absolute atomic E-state index is 0.189. The van der Waals surface area contributed by atoms with Crippen molar-refractivity contribution in [1.82, 2.24) is 15.3 Å². The summed E-state index contributed by atoms with van der Waals surface area (Å²) in [7, 11) is 0. The molecule has 0 aliphatic heterocycles. The van der Waals surface area contributed by atoms with Gasteiger partial charge in [0.05, 0.1) is 23.4 Å². The molecule has 5 heteroatoms. The molecule has 5 nitrogen and oxygen atoms in total. The van der Waals surface area contributed by atoms with Gasteiger partial charge >= 0.3 is 0 Å². The van der Waals surface area contributed by atoms with Gasteiger partial charge in [-0.3, -0.25) is 9.78 Å². The highest BCUT2D eigenvalue weighted by molar-refractivity contribution is 5.95. The summed E-state index contributed by atoms with van der Waals surface area (Å²) in [4.78, 5) is 21.6. The van der Waals surface area contributed by atoms with E-state index >= 15 is 0 Å². The third-order valence-electron chi connectivity index (χ3n) is 4.75. The summed E-state index contributed by atoms with van der Waals surface area (Å²) in [5, 5.41) is 13.7. The van der Waals surface area contributed by atoms with Gasteiger partial charge in [-0.25, -0.2) is 4.98 Å². The standard InChI is InChI=1S/C20H19N3O2/c24-15-11-14(12-15)19(17-7-3-4-10-21-17)23-20(25)18-9-8-13-5-1-2-6-16(13)22-18/h1-10,14-15,19,24H,11-12H2,(H,23,25)/t14?,15?,19-/m0/s1. The molecular weight excluding hydrogens is 314 g/mol. The van der Waals surface area contributed by atoms with Crippen LogP contribution in [0.1, 0.15) is 35.1 Å². The number of hydrogen-bond acceptors (Lipinski definition) is 4. The van der Waals surface area contributed by atoms with Crippen LogP contribution in [0.25, 0.3) is 10.9 Å². The van der Waals surface area contributed by atoms with Crippen molar-refractivity contribution in [2.24, 2.45) is 5.92 Å². The van der Waals surface area contributed by atoms with E-state index in [-0.39, 0.29) is 24.0 Å². The first-order valence-corrected chi connectivity index (χ1v) is 8.46. The highest BCUT2D eigenvalue weighted by Gasteiger charge is 2.36. The summed E-state index contributed by atoms with van der Waals surface area (Å²) in [6.07, 6.45) is 2.78. The van der Waals surface area contributed by atoms with Crippen molar-refractivity contribution in [2.45, 2.75) is 25.0 Å². The lowest BCUT2D eigenvalue weighted by atomic mass is 9.76. The molecular formula is C20H19N3O2. The Morgan fingerprint density at radius 2 is 1.88 bits per heavy atom. The Kier molecular flexibility index (Phi) is 4.15. The number of aliphatic hydroxyl groups is 1. The van der Waals surface area contributed by atoms with E-state index in [1.807, 2.05) is 48.5 Å². The second kappa shape index (κ2) is 6.61. The van der Waals surface area contributed by atoms with E-state index in [1.54, 1.807) is 12.3 Å². The first-order valence-electron chi connectivity index (χ1n) is 8.46. The maximum absolute atomic E-state index is 12.7. The zero-order valence-corrected chi connectivity index (χ0v) is 13.7. The number of carbonyl (C=O) groups excluding carboxylic acids is 1. The van der Waals surface area contributed by atoms with Gasteiger partial charge in [0.15, 0.2) is 0 Å². The van der Waals surface area contributed by atoms with Crippen molar-refractivity contribution in [2.75, 3.05) is 0 Å². The van der Waals surface area contributed by atoms with Crippen LogP contribution >= 0.6 is 0 Å². The van der Waals surface area contributed by atoms with Crippen molar-refractivity contribution in [3.05, 3.63) is 72.2 Å². The number of aromatic nitrogens is 2. The fourth-order valence-corrected chi connectivity index (χ4v) is 3.30. The molecule has 2 heterocycles. The molecule has 126 valence electrons. The van der Waals surface area contributed by atoms with Crippen molar-refractivity contribution in [3.63, 3.8) is 0 Å². The molecule has 0 radical (unpaired) electrons. The predicted octanol–water partition coefficient (Wildman–Crippen LogP) is 2.87. The van der Waals surface area contributed by atoms with Gasteiger partial charge in [-0.1, -0.05) is 30.3 Å². The molecule has 1 saturated carbocycles. The van der Waals surface area contributed by atoms with Gasteiger partial charge in [0.25, 0.3) is 5.91 Å². The number of para-hydroxylation sites is 1. The van der Waals surface area contributed by atoms with Crippen molar-refractivity contribution >= 4 is 16.8 Å². The highest BCUT2D eigenvalue weighted by Crippen LogP contribution is 2.37. The van der Waals surface area contributed by atoms with Crippen LogP contribution in [-0.2, 0) is 0 Å². The van der Waals surface area contributed by atoms with Gasteiger partial charge in [0, 0.05) is 11.6 Å². The van der Waals surface area contributed by atoms with E-state index in [9.17, 15) is 9.90 Å². The fourth-order valence-electron chi connectivity index (χ4n) is 3.30. The number of nitrogens with one attached hydrogen (secondary N) is 1. The summed E-state index contributed by atoms with van der Waals surface area (Å²) >= 11 is 0. The normalized spacial score (nSPS) is 20.7. The van der Waals surface area contributed by atoms with E-state index in [0.29, 0.717) is 18.5 Å². The first kappa shape index (κ1) is 15.7. The molecule has 1 aliphatic carbocycles. The number of nitrogens with zero attached hydrogens (tertiary/aromatic N) is 2. The third kappa shape index (κ3) is 3.23. The molecule has 2 N–H and O–H groups in total. The van der Waals surface area contributed by atoms with Gasteiger partial charge in [-0.2, -0.15) is 0 Å². The number of pyridine rings is 2.